The van der Waals surface area contributed by atoms with Gasteiger partial charge in [0.05, 0.1) is 6.61 Å². The van der Waals surface area contributed by atoms with Crippen LogP contribution in [-0.4, -0.2) is 17.8 Å². The molecule has 104 valence electrons. The van der Waals surface area contributed by atoms with Crippen molar-refractivity contribution >= 4 is 0 Å². The lowest BCUT2D eigenvalue weighted by molar-refractivity contribution is -0.0739. The Hall–Kier alpha value is -1.68. The zero-order chi connectivity index (χ0) is 13.9. The van der Waals surface area contributed by atoms with E-state index in [1.165, 1.54) is 0 Å². The highest BCUT2D eigenvalue weighted by Gasteiger charge is 2.37. The summed E-state index contributed by atoms with van der Waals surface area (Å²) in [6, 6.07) is 17.9. The molecule has 1 aliphatic heterocycles. The van der Waals surface area contributed by atoms with Gasteiger partial charge in [-0.15, -0.1) is 0 Å². The lowest BCUT2D eigenvalue weighted by atomic mass is 10.00. The van der Waals surface area contributed by atoms with Gasteiger partial charge in [0, 0.05) is 5.56 Å². The number of aliphatic hydroxyl groups is 1. The summed E-state index contributed by atoms with van der Waals surface area (Å²) >= 11 is 0. The average Bonchev–Trinajstić information content (AvgIpc) is 2.93. The fourth-order valence-corrected chi connectivity index (χ4v) is 2.57. The molecule has 20 heavy (non-hydrogen) atoms. The zero-order valence-electron chi connectivity index (χ0n) is 11.4. The first-order chi connectivity index (χ1) is 9.79. The van der Waals surface area contributed by atoms with E-state index < -0.39 is 6.29 Å². The number of aryl methyl sites for hydroxylation is 1. The molecule has 1 aliphatic rings. The third kappa shape index (κ3) is 2.48. The van der Waals surface area contributed by atoms with Crippen LogP contribution in [0.5, 0.6) is 0 Å². The lowest BCUT2D eigenvalue weighted by Crippen LogP contribution is -2.20. The molecule has 0 aliphatic carbocycles. The summed E-state index contributed by atoms with van der Waals surface area (Å²) in [4.78, 5) is 0. The van der Waals surface area contributed by atoms with Crippen molar-refractivity contribution in [2.75, 3.05) is 6.61 Å². The van der Waals surface area contributed by atoms with Gasteiger partial charge in [-0.2, -0.15) is 0 Å². The van der Waals surface area contributed by atoms with Gasteiger partial charge in [0.1, 0.15) is 12.2 Å². The second-order valence-corrected chi connectivity index (χ2v) is 5.01. The Morgan fingerprint density at radius 1 is 0.950 bits per heavy atom. The summed E-state index contributed by atoms with van der Waals surface area (Å²) in [7, 11) is 0. The molecule has 1 heterocycles. The fourth-order valence-electron chi connectivity index (χ4n) is 2.57. The Morgan fingerprint density at radius 3 is 2.35 bits per heavy atom. The van der Waals surface area contributed by atoms with E-state index in [2.05, 4.69) is 0 Å². The molecule has 2 aromatic carbocycles. The second-order valence-electron chi connectivity index (χ2n) is 5.01. The molecule has 1 saturated heterocycles. The van der Waals surface area contributed by atoms with Gasteiger partial charge in [0.15, 0.2) is 6.29 Å². The fraction of sp³-hybridized carbons (Fsp3) is 0.294. The minimum absolute atomic E-state index is 0.0532. The van der Waals surface area contributed by atoms with Crippen molar-refractivity contribution in [2.45, 2.75) is 25.4 Å². The molecule has 3 atom stereocenters. The van der Waals surface area contributed by atoms with Gasteiger partial charge in [0.25, 0.3) is 0 Å². The van der Waals surface area contributed by atoms with Gasteiger partial charge in [-0.05, 0) is 18.1 Å². The first-order valence-electron chi connectivity index (χ1n) is 6.82. The van der Waals surface area contributed by atoms with Crippen molar-refractivity contribution in [3.05, 3.63) is 71.3 Å². The number of rotatable bonds is 3. The molecule has 0 saturated carbocycles. The van der Waals surface area contributed by atoms with Gasteiger partial charge in [-0.25, -0.2) is 0 Å². The average molecular weight is 270 g/mol. The quantitative estimate of drug-likeness (QED) is 0.931. The zero-order valence-corrected chi connectivity index (χ0v) is 11.4. The standard InChI is InChI=1S/C17H18O3/c1-12-7-5-6-10-14(12)16-15(11-18)19-17(20-16)13-8-3-2-4-9-13/h2-10,15-18H,11H2,1H3/t15-,16-,17+/m0/s1. The highest BCUT2D eigenvalue weighted by Crippen LogP contribution is 2.40. The van der Waals surface area contributed by atoms with Crippen molar-refractivity contribution in [3.8, 4) is 0 Å². The summed E-state index contributed by atoms with van der Waals surface area (Å²) < 4.78 is 11.9. The highest BCUT2D eigenvalue weighted by atomic mass is 16.7. The van der Waals surface area contributed by atoms with E-state index in [0.29, 0.717) is 0 Å². The Morgan fingerprint density at radius 2 is 1.65 bits per heavy atom. The molecule has 1 fully saturated rings. The molecule has 2 aromatic rings. The minimum atomic E-state index is -0.419. The van der Waals surface area contributed by atoms with E-state index in [-0.39, 0.29) is 18.8 Å². The molecule has 3 rings (SSSR count). The molecule has 0 amide bonds. The number of hydrogen-bond acceptors (Lipinski definition) is 3. The molecule has 0 aromatic heterocycles. The molecule has 0 spiro atoms. The van der Waals surface area contributed by atoms with Crippen LogP contribution in [0.2, 0.25) is 0 Å². The van der Waals surface area contributed by atoms with Crippen LogP contribution in [0, 0.1) is 6.92 Å². The van der Waals surface area contributed by atoms with E-state index >= 15 is 0 Å². The van der Waals surface area contributed by atoms with Gasteiger partial charge in [-0.1, -0.05) is 54.6 Å². The smallest absolute Gasteiger partial charge is 0.185 e. The highest BCUT2D eigenvalue weighted by molar-refractivity contribution is 5.29. The largest absolute Gasteiger partial charge is 0.394 e. The summed E-state index contributed by atoms with van der Waals surface area (Å²) in [5.74, 6) is 0. The van der Waals surface area contributed by atoms with Crippen LogP contribution in [0.1, 0.15) is 29.1 Å². The van der Waals surface area contributed by atoms with Crippen LogP contribution in [0.15, 0.2) is 54.6 Å². The molecule has 1 N–H and O–H groups in total. The Balaban J connectivity index is 1.87. The predicted octanol–water partition coefficient (Wildman–Crippen LogP) is 3.14. The van der Waals surface area contributed by atoms with Crippen LogP contribution in [-0.2, 0) is 9.47 Å². The molecular formula is C17H18O3. The molecule has 3 nitrogen and oxygen atoms in total. The van der Waals surface area contributed by atoms with Crippen molar-refractivity contribution in [1.29, 1.82) is 0 Å². The second kappa shape index (κ2) is 5.75. The van der Waals surface area contributed by atoms with Crippen LogP contribution in [0.25, 0.3) is 0 Å². The molecule has 0 unspecified atom stereocenters. The molecule has 3 heteroatoms. The van der Waals surface area contributed by atoms with E-state index in [1.807, 2.05) is 61.5 Å². The van der Waals surface area contributed by atoms with E-state index in [1.54, 1.807) is 0 Å². The third-order valence-electron chi connectivity index (χ3n) is 3.65. The first kappa shape index (κ1) is 13.3. The minimum Gasteiger partial charge on any atom is -0.394 e. The van der Waals surface area contributed by atoms with Crippen molar-refractivity contribution in [3.63, 3.8) is 0 Å². The number of aliphatic hydroxyl groups excluding tert-OH is 1. The van der Waals surface area contributed by atoms with Gasteiger partial charge in [0.2, 0.25) is 0 Å². The first-order valence-corrected chi connectivity index (χ1v) is 6.82. The van der Waals surface area contributed by atoms with Crippen molar-refractivity contribution in [1.82, 2.24) is 0 Å². The Labute approximate surface area is 118 Å². The number of hydrogen-bond donors (Lipinski definition) is 1. The molecule has 0 radical (unpaired) electrons. The van der Waals surface area contributed by atoms with Gasteiger partial charge >= 0.3 is 0 Å². The number of ether oxygens (including phenoxy) is 2. The van der Waals surface area contributed by atoms with E-state index in [4.69, 9.17) is 9.47 Å². The maximum Gasteiger partial charge on any atom is 0.185 e. The number of benzene rings is 2. The van der Waals surface area contributed by atoms with Gasteiger partial charge < -0.3 is 14.6 Å². The summed E-state index contributed by atoms with van der Waals surface area (Å²) in [5.41, 5.74) is 3.19. The third-order valence-corrected chi connectivity index (χ3v) is 3.65. The van der Waals surface area contributed by atoms with Crippen LogP contribution >= 0.6 is 0 Å². The van der Waals surface area contributed by atoms with Gasteiger partial charge in [-0.3, -0.25) is 0 Å². The lowest BCUT2D eigenvalue weighted by Gasteiger charge is -2.16. The summed E-state index contributed by atoms with van der Waals surface area (Å²) in [6.45, 7) is 1.99. The summed E-state index contributed by atoms with van der Waals surface area (Å²) in [5, 5.41) is 9.55. The van der Waals surface area contributed by atoms with E-state index in [9.17, 15) is 5.11 Å². The predicted molar refractivity (Wildman–Crippen MR) is 76.1 cm³/mol. The monoisotopic (exact) mass is 270 g/mol. The van der Waals surface area contributed by atoms with Crippen molar-refractivity contribution in [2.24, 2.45) is 0 Å². The summed E-state index contributed by atoms with van der Waals surface area (Å²) in [6.07, 6.45) is -0.981. The van der Waals surface area contributed by atoms with Crippen LogP contribution < -0.4 is 0 Å². The topological polar surface area (TPSA) is 38.7 Å². The maximum atomic E-state index is 9.55. The van der Waals surface area contributed by atoms with Crippen molar-refractivity contribution < 1.29 is 14.6 Å². The SMILES string of the molecule is Cc1ccccc1[C@@H]1O[C@H](c2ccccc2)O[C@H]1CO. The van der Waals surface area contributed by atoms with Crippen LogP contribution in [0.4, 0.5) is 0 Å². The molecule has 0 bridgehead atoms. The Bertz CT molecular complexity index is 567. The normalized spacial score (nSPS) is 25.8. The van der Waals surface area contributed by atoms with Crippen LogP contribution in [0.3, 0.4) is 0 Å². The van der Waals surface area contributed by atoms with E-state index in [0.717, 1.165) is 16.7 Å². The Kier molecular flexibility index (Phi) is 3.83. The maximum absolute atomic E-state index is 9.55. The molecular weight excluding hydrogens is 252 g/mol.